The van der Waals surface area contributed by atoms with Gasteiger partial charge in [0.25, 0.3) is 0 Å². The van der Waals surface area contributed by atoms with E-state index in [1.54, 1.807) is 27.7 Å². The number of aromatic nitrogens is 1. The lowest BCUT2D eigenvalue weighted by Gasteiger charge is -2.36. The van der Waals surface area contributed by atoms with E-state index in [2.05, 4.69) is 20.8 Å². The van der Waals surface area contributed by atoms with Crippen molar-refractivity contribution in [3.8, 4) is 0 Å². The standard InChI is InChI=1S/C33H34N4O8S/c1-5-42-31(41)43-30(35-29(40)44-32(2,3)4)45-37-26(27(38)39)25-21-46-28(34-25)36-33(22-15-9-6-10-16-22,23-17-11-7-12-18-23)24-19-13-8-14-20-24/h6-21,30H,5H2,1-4H3,(H,34,36)(H,35,40)(H,38,39)/b37-26-. The van der Waals surface area contributed by atoms with Crippen LogP contribution in [0.3, 0.4) is 0 Å². The first kappa shape index (κ1) is 33.5. The molecule has 240 valence electrons. The molecule has 0 aliphatic rings. The number of nitrogens with one attached hydrogen (secondary N) is 2. The van der Waals surface area contributed by atoms with Crippen molar-refractivity contribution in [3.63, 3.8) is 0 Å². The number of nitrogens with zero attached hydrogens (tertiary/aromatic N) is 2. The van der Waals surface area contributed by atoms with Crippen LogP contribution in [-0.4, -0.2) is 52.6 Å². The third-order valence-corrected chi connectivity index (χ3v) is 6.96. The Bertz CT molecular complexity index is 1540. The van der Waals surface area contributed by atoms with Gasteiger partial charge in [0, 0.05) is 5.38 Å². The van der Waals surface area contributed by atoms with Gasteiger partial charge in [0.2, 0.25) is 5.71 Å². The molecule has 0 bridgehead atoms. The fourth-order valence-corrected chi connectivity index (χ4v) is 5.15. The van der Waals surface area contributed by atoms with Gasteiger partial charge in [-0.15, -0.1) is 11.3 Å². The molecule has 1 heterocycles. The molecule has 0 radical (unpaired) electrons. The number of ether oxygens (including phenoxy) is 3. The third kappa shape index (κ3) is 8.60. The van der Waals surface area contributed by atoms with E-state index in [-0.39, 0.29) is 12.3 Å². The first-order valence-corrected chi connectivity index (χ1v) is 15.1. The molecule has 4 rings (SSSR count). The van der Waals surface area contributed by atoms with E-state index in [1.807, 2.05) is 91.0 Å². The number of amides is 1. The van der Waals surface area contributed by atoms with Crippen molar-refractivity contribution in [2.45, 2.75) is 45.2 Å². The molecule has 1 unspecified atom stereocenters. The summed E-state index contributed by atoms with van der Waals surface area (Å²) >= 11 is 1.16. The maximum absolute atomic E-state index is 12.3. The van der Waals surface area contributed by atoms with Gasteiger partial charge in [-0.1, -0.05) is 96.2 Å². The molecule has 12 nitrogen and oxygen atoms in total. The fraction of sp³-hybridized carbons (Fsp3) is 0.242. The second-order valence-electron chi connectivity index (χ2n) is 10.6. The van der Waals surface area contributed by atoms with E-state index in [0.717, 1.165) is 28.0 Å². The third-order valence-electron chi connectivity index (χ3n) is 6.20. The Morgan fingerprint density at radius 1 is 0.891 bits per heavy atom. The zero-order valence-electron chi connectivity index (χ0n) is 25.6. The molecule has 0 saturated carbocycles. The molecule has 1 amide bonds. The summed E-state index contributed by atoms with van der Waals surface area (Å²) < 4.78 is 14.8. The molecule has 0 aliphatic carbocycles. The summed E-state index contributed by atoms with van der Waals surface area (Å²) in [6, 6.07) is 29.4. The SMILES string of the molecule is CCOC(=O)OC(NC(=O)OC(C)(C)C)O/N=C(\C(=O)O)c1csc(NC(c2ccccc2)(c2ccccc2)c2ccccc2)n1. The molecule has 0 saturated heterocycles. The van der Waals surface area contributed by atoms with Crippen LogP contribution < -0.4 is 10.6 Å². The van der Waals surface area contributed by atoms with Crippen LogP contribution in [0.1, 0.15) is 50.1 Å². The summed E-state index contributed by atoms with van der Waals surface area (Å²) in [4.78, 5) is 46.3. The van der Waals surface area contributed by atoms with E-state index in [0.29, 0.717) is 5.13 Å². The number of carboxylic acids is 1. The topological polar surface area (TPSA) is 158 Å². The van der Waals surface area contributed by atoms with Crippen LogP contribution in [0.15, 0.2) is 102 Å². The van der Waals surface area contributed by atoms with Crippen molar-refractivity contribution < 1.29 is 38.5 Å². The van der Waals surface area contributed by atoms with Crippen LogP contribution in [0.25, 0.3) is 0 Å². The zero-order valence-corrected chi connectivity index (χ0v) is 26.4. The predicted octanol–water partition coefficient (Wildman–Crippen LogP) is 6.33. The molecule has 0 fully saturated rings. The molecule has 4 aromatic rings. The Kier molecular flexibility index (Phi) is 10.9. The largest absolute Gasteiger partial charge is 0.512 e. The van der Waals surface area contributed by atoms with Gasteiger partial charge in [-0.25, -0.2) is 24.7 Å². The van der Waals surface area contributed by atoms with Crippen molar-refractivity contribution in [1.82, 2.24) is 10.3 Å². The number of carboxylic acid groups (broad SMARTS) is 1. The number of aliphatic carboxylic acids is 1. The predicted molar refractivity (Wildman–Crippen MR) is 171 cm³/mol. The minimum Gasteiger partial charge on any atom is -0.476 e. The van der Waals surface area contributed by atoms with Gasteiger partial charge in [-0.2, -0.15) is 0 Å². The highest BCUT2D eigenvalue weighted by molar-refractivity contribution is 7.14. The highest BCUT2D eigenvalue weighted by atomic mass is 32.1. The lowest BCUT2D eigenvalue weighted by atomic mass is 9.77. The van der Waals surface area contributed by atoms with Gasteiger partial charge in [0.05, 0.1) is 6.61 Å². The fourth-order valence-electron chi connectivity index (χ4n) is 4.40. The van der Waals surface area contributed by atoms with Crippen LogP contribution in [0.4, 0.5) is 14.7 Å². The number of alkyl carbamates (subject to hydrolysis) is 1. The van der Waals surface area contributed by atoms with Crippen LogP contribution in [0, 0.1) is 0 Å². The van der Waals surface area contributed by atoms with E-state index < -0.39 is 41.5 Å². The molecule has 1 atom stereocenters. The second-order valence-corrected chi connectivity index (χ2v) is 11.5. The van der Waals surface area contributed by atoms with Gasteiger partial charge in [-0.05, 0) is 44.4 Å². The quantitative estimate of drug-likeness (QED) is 0.0522. The van der Waals surface area contributed by atoms with Crippen molar-refractivity contribution >= 4 is 40.4 Å². The summed E-state index contributed by atoms with van der Waals surface area (Å²) in [5.41, 5.74) is 0.316. The summed E-state index contributed by atoms with van der Waals surface area (Å²) in [6.45, 7) is 6.42. The number of benzene rings is 3. The van der Waals surface area contributed by atoms with Gasteiger partial charge in [-0.3, -0.25) is 0 Å². The first-order valence-electron chi connectivity index (χ1n) is 14.2. The van der Waals surface area contributed by atoms with Gasteiger partial charge < -0.3 is 29.5 Å². The Balaban J connectivity index is 1.69. The number of carbonyl (C=O) groups excluding carboxylic acids is 2. The monoisotopic (exact) mass is 646 g/mol. The van der Waals surface area contributed by atoms with Crippen molar-refractivity contribution in [2.75, 3.05) is 11.9 Å². The highest BCUT2D eigenvalue weighted by Crippen LogP contribution is 2.40. The van der Waals surface area contributed by atoms with E-state index in [1.165, 1.54) is 5.38 Å². The van der Waals surface area contributed by atoms with Crippen molar-refractivity contribution in [1.29, 1.82) is 0 Å². The maximum atomic E-state index is 12.3. The molecule has 3 N–H and O–H groups in total. The number of hydrogen-bond acceptors (Lipinski definition) is 11. The van der Waals surface area contributed by atoms with E-state index >= 15 is 0 Å². The lowest BCUT2D eigenvalue weighted by Crippen LogP contribution is -2.42. The molecule has 13 heteroatoms. The smallest absolute Gasteiger partial charge is 0.476 e. The van der Waals surface area contributed by atoms with E-state index in [9.17, 15) is 19.5 Å². The summed E-state index contributed by atoms with van der Waals surface area (Å²) in [5, 5.41) is 21.3. The Morgan fingerprint density at radius 2 is 1.41 bits per heavy atom. The average molecular weight is 647 g/mol. The second kappa shape index (κ2) is 15.0. The number of oxime groups is 1. The summed E-state index contributed by atoms with van der Waals surface area (Å²) in [6.07, 6.45) is -4.07. The van der Waals surface area contributed by atoms with Crippen LogP contribution >= 0.6 is 11.3 Å². The minimum absolute atomic E-state index is 0.0212. The molecule has 0 aliphatic heterocycles. The Hall–Kier alpha value is -5.43. The molecule has 46 heavy (non-hydrogen) atoms. The average Bonchev–Trinajstić information content (AvgIpc) is 3.48. The number of carbonyl (C=O) groups is 3. The molecule has 0 spiro atoms. The van der Waals surface area contributed by atoms with Gasteiger partial charge in [0.1, 0.15) is 16.8 Å². The number of rotatable bonds is 12. The summed E-state index contributed by atoms with van der Waals surface area (Å²) in [7, 11) is 0. The van der Waals surface area contributed by atoms with Gasteiger partial charge >= 0.3 is 24.6 Å². The lowest BCUT2D eigenvalue weighted by molar-refractivity contribution is -0.138. The summed E-state index contributed by atoms with van der Waals surface area (Å²) in [5.74, 6) is -1.48. The van der Waals surface area contributed by atoms with Crippen molar-refractivity contribution in [3.05, 3.63) is 119 Å². The number of thiazole rings is 1. The van der Waals surface area contributed by atoms with E-state index in [4.69, 9.17) is 19.0 Å². The van der Waals surface area contributed by atoms with Crippen LogP contribution in [-0.2, 0) is 29.4 Å². The molecule has 3 aromatic carbocycles. The normalized spacial score (nSPS) is 12.4. The highest BCUT2D eigenvalue weighted by Gasteiger charge is 2.37. The first-order chi connectivity index (χ1) is 22.0. The zero-order chi connectivity index (χ0) is 33.2. The molecular formula is C33H34N4O8S. The maximum Gasteiger partial charge on any atom is 0.512 e. The molecule has 1 aromatic heterocycles. The molecular weight excluding hydrogens is 612 g/mol. The Morgan fingerprint density at radius 3 is 1.87 bits per heavy atom. The number of anilines is 1. The Labute approximate surface area is 270 Å². The van der Waals surface area contributed by atoms with Gasteiger partial charge in [0.15, 0.2) is 5.13 Å². The minimum atomic E-state index is -1.87. The van der Waals surface area contributed by atoms with Crippen LogP contribution in [0.5, 0.6) is 0 Å². The van der Waals surface area contributed by atoms with Crippen molar-refractivity contribution in [2.24, 2.45) is 5.16 Å². The number of hydrogen-bond donors (Lipinski definition) is 3. The van der Waals surface area contributed by atoms with Crippen LogP contribution in [0.2, 0.25) is 0 Å².